The Morgan fingerprint density at radius 2 is 1.96 bits per heavy atom. The smallest absolute Gasteiger partial charge is 0.317 e. The summed E-state index contributed by atoms with van der Waals surface area (Å²) in [6.45, 7) is 5.29. The van der Waals surface area contributed by atoms with E-state index >= 15 is 0 Å². The number of nitrogens with zero attached hydrogens (tertiary/aromatic N) is 3. The molecule has 138 valence electrons. The van der Waals surface area contributed by atoms with E-state index in [1.807, 2.05) is 43.0 Å². The van der Waals surface area contributed by atoms with Gasteiger partial charge in [-0.3, -0.25) is 4.79 Å². The summed E-state index contributed by atoms with van der Waals surface area (Å²) in [6, 6.07) is 12.5. The van der Waals surface area contributed by atoms with E-state index in [9.17, 15) is 4.79 Å². The normalized spacial score (nSPS) is 17.2. The van der Waals surface area contributed by atoms with Gasteiger partial charge in [0.1, 0.15) is 6.10 Å². The number of carbonyl (C=O) groups is 1. The SMILES string of the molecule is Cc1cc(C)nc(OC2CCCN(C(=O)CCSc3ccccc3)C2)n1. The van der Waals surface area contributed by atoms with Crippen LogP contribution in [0.2, 0.25) is 0 Å². The molecule has 2 heterocycles. The Kier molecular flexibility index (Phi) is 6.50. The topological polar surface area (TPSA) is 55.3 Å². The molecule has 6 heteroatoms. The summed E-state index contributed by atoms with van der Waals surface area (Å²) in [5.74, 6) is 0.994. The van der Waals surface area contributed by atoms with Crippen LogP contribution in [0.1, 0.15) is 30.7 Å². The molecule has 0 bridgehead atoms. The first-order valence-electron chi connectivity index (χ1n) is 9.05. The van der Waals surface area contributed by atoms with Crippen LogP contribution in [0.15, 0.2) is 41.3 Å². The van der Waals surface area contributed by atoms with Crippen LogP contribution >= 0.6 is 11.8 Å². The number of likely N-dealkylation sites (tertiary alicyclic amines) is 1. The number of aromatic nitrogens is 2. The Morgan fingerprint density at radius 1 is 1.23 bits per heavy atom. The van der Waals surface area contributed by atoms with Crippen molar-refractivity contribution >= 4 is 17.7 Å². The molecule has 1 aliphatic heterocycles. The van der Waals surface area contributed by atoms with Crippen LogP contribution in [0.5, 0.6) is 6.01 Å². The standard InChI is InChI=1S/C20H25N3O2S/c1-15-13-16(2)22-20(21-15)25-17-7-6-11-23(14-17)19(24)10-12-26-18-8-4-3-5-9-18/h3-5,8-9,13,17H,6-7,10-12,14H2,1-2H3. The number of hydrogen-bond acceptors (Lipinski definition) is 5. The second kappa shape index (κ2) is 9.03. The van der Waals surface area contributed by atoms with Crippen molar-refractivity contribution in [2.24, 2.45) is 0 Å². The van der Waals surface area contributed by atoms with Crippen molar-refractivity contribution in [1.29, 1.82) is 0 Å². The zero-order valence-corrected chi connectivity index (χ0v) is 16.2. The number of rotatable bonds is 6. The molecule has 1 fully saturated rings. The molecule has 0 aliphatic carbocycles. The van der Waals surface area contributed by atoms with Gasteiger partial charge in [0, 0.05) is 35.0 Å². The molecule has 1 saturated heterocycles. The predicted octanol–water partition coefficient (Wildman–Crippen LogP) is 3.65. The molecule has 3 rings (SSSR count). The molecule has 1 aromatic heterocycles. The van der Waals surface area contributed by atoms with Crippen LogP contribution in [0.3, 0.4) is 0 Å². The lowest BCUT2D eigenvalue weighted by molar-refractivity contribution is -0.133. The Balaban J connectivity index is 1.48. The van der Waals surface area contributed by atoms with Crippen molar-refractivity contribution in [3.05, 3.63) is 47.8 Å². The van der Waals surface area contributed by atoms with Crippen molar-refractivity contribution in [2.45, 2.75) is 44.1 Å². The van der Waals surface area contributed by atoms with Gasteiger partial charge < -0.3 is 9.64 Å². The van der Waals surface area contributed by atoms with E-state index in [1.54, 1.807) is 11.8 Å². The van der Waals surface area contributed by atoms with Crippen molar-refractivity contribution < 1.29 is 9.53 Å². The third kappa shape index (κ3) is 5.46. The maximum absolute atomic E-state index is 12.5. The zero-order valence-electron chi connectivity index (χ0n) is 15.4. The largest absolute Gasteiger partial charge is 0.458 e. The van der Waals surface area contributed by atoms with E-state index in [0.717, 1.165) is 36.5 Å². The highest BCUT2D eigenvalue weighted by Gasteiger charge is 2.25. The minimum Gasteiger partial charge on any atom is -0.458 e. The van der Waals surface area contributed by atoms with E-state index < -0.39 is 0 Å². The van der Waals surface area contributed by atoms with E-state index in [2.05, 4.69) is 22.1 Å². The van der Waals surface area contributed by atoms with Crippen LogP contribution in [0.25, 0.3) is 0 Å². The van der Waals surface area contributed by atoms with Crippen molar-refractivity contribution in [2.75, 3.05) is 18.8 Å². The lowest BCUT2D eigenvalue weighted by Gasteiger charge is -2.32. The van der Waals surface area contributed by atoms with Crippen LogP contribution in [-0.2, 0) is 4.79 Å². The fourth-order valence-electron chi connectivity index (χ4n) is 3.09. The monoisotopic (exact) mass is 371 g/mol. The fraction of sp³-hybridized carbons (Fsp3) is 0.450. The summed E-state index contributed by atoms with van der Waals surface area (Å²) in [4.78, 5) is 24.3. The Morgan fingerprint density at radius 3 is 2.69 bits per heavy atom. The highest BCUT2D eigenvalue weighted by atomic mass is 32.2. The Bertz CT molecular complexity index is 719. The molecule has 0 saturated carbocycles. The first kappa shape index (κ1) is 18.7. The molecule has 5 nitrogen and oxygen atoms in total. The van der Waals surface area contributed by atoms with Gasteiger partial charge in [-0.1, -0.05) is 18.2 Å². The van der Waals surface area contributed by atoms with Crippen molar-refractivity contribution in [3.8, 4) is 6.01 Å². The summed E-state index contributed by atoms with van der Waals surface area (Å²) in [5.41, 5.74) is 1.79. The van der Waals surface area contributed by atoms with E-state index in [1.165, 1.54) is 4.90 Å². The molecular weight excluding hydrogens is 346 g/mol. The van der Waals surface area contributed by atoms with Gasteiger partial charge in [0.25, 0.3) is 0 Å². The lowest BCUT2D eigenvalue weighted by atomic mass is 10.1. The van der Waals surface area contributed by atoms with Gasteiger partial charge in [-0.05, 0) is 44.9 Å². The molecule has 1 atom stereocenters. The molecule has 1 aromatic carbocycles. The third-order valence-corrected chi connectivity index (χ3v) is 5.31. The molecule has 1 unspecified atom stereocenters. The van der Waals surface area contributed by atoms with Crippen LogP contribution in [0, 0.1) is 13.8 Å². The van der Waals surface area contributed by atoms with Crippen LogP contribution in [-0.4, -0.2) is 45.7 Å². The van der Waals surface area contributed by atoms with E-state index in [0.29, 0.717) is 19.0 Å². The Hall–Kier alpha value is -2.08. The molecule has 1 aliphatic rings. The maximum Gasteiger partial charge on any atom is 0.317 e. The summed E-state index contributed by atoms with van der Waals surface area (Å²) in [6.07, 6.45) is 2.40. The zero-order chi connectivity index (χ0) is 18.4. The minimum absolute atomic E-state index is 0.0318. The maximum atomic E-state index is 12.5. The molecular formula is C20H25N3O2S. The number of thioether (sulfide) groups is 1. The Labute approximate surface area is 159 Å². The summed E-state index contributed by atoms with van der Waals surface area (Å²) < 4.78 is 5.95. The molecule has 2 aromatic rings. The van der Waals surface area contributed by atoms with Crippen molar-refractivity contribution in [3.63, 3.8) is 0 Å². The van der Waals surface area contributed by atoms with Gasteiger partial charge in [-0.2, -0.15) is 0 Å². The van der Waals surface area contributed by atoms with Gasteiger partial charge in [-0.15, -0.1) is 11.8 Å². The fourth-order valence-corrected chi connectivity index (χ4v) is 3.95. The van der Waals surface area contributed by atoms with Gasteiger partial charge >= 0.3 is 6.01 Å². The lowest BCUT2D eigenvalue weighted by Crippen LogP contribution is -2.44. The molecule has 0 N–H and O–H groups in total. The highest BCUT2D eigenvalue weighted by molar-refractivity contribution is 7.99. The summed E-state index contributed by atoms with van der Waals surface area (Å²) in [5, 5.41) is 0. The first-order chi connectivity index (χ1) is 12.6. The molecule has 26 heavy (non-hydrogen) atoms. The molecule has 0 spiro atoms. The molecule has 0 radical (unpaired) electrons. The van der Waals surface area contributed by atoms with E-state index in [4.69, 9.17) is 4.74 Å². The number of benzene rings is 1. The number of amides is 1. The first-order valence-corrected chi connectivity index (χ1v) is 10.0. The number of piperidine rings is 1. The number of hydrogen-bond donors (Lipinski definition) is 0. The quantitative estimate of drug-likeness (QED) is 0.726. The summed E-state index contributed by atoms with van der Waals surface area (Å²) >= 11 is 1.72. The van der Waals surface area contributed by atoms with Gasteiger partial charge in [0.05, 0.1) is 6.54 Å². The van der Waals surface area contributed by atoms with Crippen LogP contribution in [0.4, 0.5) is 0 Å². The van der Waals surface area contributed by atoms with Gasteiger partial charge in [0.2, 0.25) is 5.91 Å². The molecule has 1 amide bonds. The van der Waals surface area contributed by atoms with Gasteiger partial charge in [-0.25, -0.2) is 9.97 Å². The van der Waals surface area contributed by atoms with Gasteiger partial charge in [0.15, 0.2) is 0 Å². The number of aryl methyl sites for hydroxylation is 2. The van der Waals surface area contributed by atoms with Crippen LogP contribution < -0.4 is 4.74 Å². The van der Waals surface area contributed by atoms with Crippen molar-refractivity contribution in [1.82, 2.24) is 14.9 Å². The average Bonchev–Trinajstić information content (AvgIpc) is 2.62. The average molecular weight is 372 g/mol. The number of ether oxygens (including phenoxy) is 1. The second-order valence-corrected chi connectivity index (χ2v) is 7.73. The number of carbonyl (C=O) groups excluding carboxylic acids is 1. The summed E-state index contributed by atoms with van der Waals surface area (Å²) in [7, 11) is 0. The third-order valence-electron chi connectivity index (χ3n) is 4.29. The second-order valence-electron chi connectivity index (χ2n) is 6.57. The van der Waals surface area contributed by atoms with E-state index in [-0.39, 0.29) is 12.0 Å². The highest BCUT2D eigenvalue weighted by Crippen LogP contribution is 2.20. The predicted molar refractivity (Wildman–Crippen MR) is 104 cm³/mol. The minimum atomic E-state index is -0.0318.